The molecule has 7 heteroatoms. The average Bonchev–Trinajstić information content (AvgIpc) is 3.22. The largest absolute Gasteiger partial charge is 0.497 e. The highest BCUT2D eigenvalue weighted by molar-refractivity contribution is 5.74. The van der Waals surface area contributed by atoms with E-state index in [9.17, 15) is 4.79 Å². The van der Waals surface area contributed by atoms with E-state index >= 15 is 0 Å². The number of benzene rings is 1. The summed E-state index contributed by atoms with van der Waals surface area (Å²) >= 11 is 0. The van der Waals surface area contributed by atoms with E-state index in [-0.39, 0.29) is 12.1 Å². The number of carbonyl (C=O) groups excluding carboxylic acids is 1. The second kappa shape index (κ2) is 8.51. The minimum absolute atomic E-state index is 0.00257. The minimum atomic E-state index is -0.00781. The number of amides is 2. The third-order valence-electron chi connectivity index (χ3n) is 5.71. The number of urea groups is 1. The Morgan fingerprint density at radius 3 is 2.62 bits per heavy atom. The van der Waals surface area contributed by atoms with Gasteiger partial charge in [0.05, 0.1) is 13.2 Å². The Morgan fingerprint density at radius 2 is 1.93 bits per heavy atom. The summed E-state index contributed by atoms with van der Waals surface area (Å²) in [5.74, 6) is 2.13. The molecule has 2 amide bonds. The molecule has 0 radical (unpaired) electrons. The van der Waals surface area contributed by atoms with Gasteiger partial charge in [-0.1, -0.05) is 25.1 Å². The van der Waals surface area contributed by atoms with Gasteiger partial charge in [0, 0.05) is 25.2 Å². The number of methoxy groups -OCH3 is 1. The van der Waals surface area contributed by atoms with Crippen molar-refractivity contribution in [2.45, 2.75) is 38.1 Å². The monoisotopic (exact) mass is 393 g/mol. The van der Waals surface area contributed by atoms with Gasteiger partial charge in [-0.25, -0.2) is 4.79 Å². The van der Waals surface area contributed by atoms with Gasteiger partial charge < -0.3 is 15.0 Å². The highest BCUT2D eigenvalue weighted by atomic mass is 16.5. The lowest BCUT2D eigenvalue weighted by atomic mass is 9.96. The van der Waals surface area contributed by atoms with Crippen LogP contribution in [0.4, 0.5) is 4.79 Å². The lowest BCUT2D eigenvalue weighted by Crippen LogP contribution is -2.45. The number of fused-ring (bicyclic) bond motifs is 1. The van der Waals surface area contributed by atoms with Crippen LogP contribution in [-0.4, -0.2) is 45.7 Å². The number of piperidine rings is 1. The fraction of sp³-hybridized carbons (Fsp3) is 0.409. The van der Waals surface area contributed by atoms with E-state index in [1.807, 2.05) is 53.6 Å². The highest BCUT2D eigenvalue weighted by Gasteiger charge is 2.27. The third-order valence-corrected chi connectivity index (χ3v) is 5.71. The van der Waals surface area contributed by atoms with Crippen LogP contribution in [0.25, 0.3) is 5.65 Å². The summed E-state index contributed by atoms with van der Waals surface area (Å²) in [5, 5.41) is 11.8. The Kier molecular flexibility index (Phi) is 5.64. The smallest absolute Gasteiger partial charge is 0.317 e. The van der Waals surface area contributed by atoms with Crippen molar-refractivity contribution in [3.63, 3.8) is 0 Å². The molecule has 1 atom stereocenters. The normalized spacial score (nSPS) is 16.0. The summed E-state index contributed by atoms with van der Waals surface area (Å²) in [6, 6.07) is 13.8. The quantitative estimate of drug-likeness (QED) is 0.716. The maximum atomic E-state index is 12.8. The van der Waals surface area contributed by atoms with Crippen molar-refractivity contribution in [3.8, 4) is 5.75 Å². The number of hydrogen-bond acceptors (Lipinski definition) is 4. The predicted octanol–water partition coefficient (Wildman–Crippen LogP) is 3.78. The first-order valence-electron chi connectivity index (χ1n) is 10.2. The zero-order chi connectivity index (χ0) is 20.2. The lowest BCUT2D eigenvalue weighted by Gasteiger charge is -2.32. The van der Waals surface area contributed by atoms with Crippen molar-refractivity contribution in [2.24, 2.45) is 0 Å². The molecule has 3 heterocycles. The number of hydrogen-bond donors (Lipinski definition) is 1. The Labute approximate surface area is 170 Å². The molecule has 1 aliphatic rings. The number of ether oxygens (including phenoxy) is 1. The Hall–Kier alpha value is -3.09. The van der Waals surface area contributed by atoms with Crippen molar-refractivity contribution in [2.75, 3.05) is 20.2 Å². The Bertz CT molecular complexity index is 961. The fourth-order valence-electron chi connectivity index (χ4n) is 3.98. The second-order valence-corrected chi connectivity index (χ2v) is 7.43. The summed E-state index contributed by atoms with van der Waals surface area (Å²) in [5.41, 5.74) is 1.96. The van der Waals surface area contributed by atoms with Crippen LogP contribution < -0.4 is 10.1 Å². The zero-order valence-electron chi connectivity index (χ0n) is 16.9. The van der Waals surface area contributed by atoms with Gasteiger partial charge in [0.2, 0.25) is 0 Å². The second-order valence-electron chi connectivity index (χ2n) is 7.43. The first kappa shape index (κ1) is 19.2. The minimum Gasteiger partial charge on any atom is -0.497 e. The van der Waals surface area contributed by atoms with E-state index < -0.39 is 0 Å². The van der Waals surface area contributed by atoms with Crippen LogP contribution in [0.15, 0.2) is 48.7 Å². The molecule has 0 bridgehead atoms. The summed E-state index contributed by atoms with van der Waals surface area (Å²) in [7, 11) is 1.65. The van der Waals surface area contributed by atoms with E-state index in [0.717, 1.165) is 55.1 Å². The molecule has 152 valence electrons. The molecule has 1 saturated heterocycles. The molecule has 29 heavy (non-hydrogen) atoms. The Morgan fingerprint density at radius 1 is 1.17 bits per heavy atom. The number of aromatic nitrogens is 3. The first-order chi connectivity index (χ1) is 14.2. The van der Waals surface area contributed by atoms with E-state index in [1.54, 1.807) is 7.11 Å². The van der Waals surface area contributed by atoms with Gasteiger partial charge in [0.25, 0.3) is 0 Å². The van der Waals surface area contributed by atoms with Gasteiger partial charge in [-0.05, 0) is 49.1 Å². The molecule has 1 N–H and O–H groups in total. The van der Waals surface area contributed by atoms with Crippen molar-refractivity contribution in [1.82, 2.24) is 24.8 Å². The van der Waals surface area contributed by atoms with Crippen molar-refractivity contribution in [1.29, 1.82) is 0 Å². The topological polar surface area (TPSA) is 71.8 Å². The predicted molar refractivity (Wildman–Crippen MR) is 111 cm³/mol. The van der Waals surface area contributed by atoms with E-state index in [0.29, 0.717) is 5.92 Å². The Balaban J connectivity index is 1.36. The van der Waals surface area contributed by atoms with Gasteiger partial charge in [0.15, 0.2) is 5.65 Å². The highest BCUT2D eigenvalue weighted by Crippen LogP contribution is 2.27. The molecule has 0 aliphatic carbocycles. The molecule has 3 aromatic rings. The fourth-order valence-corrected chi connectivity index (χ4v) is 3.98. The van der Waals surface area contributed by atoms with Gasteiger partial charge in [0.1, 0.15) is 11.6 Å². The van der Waals surface area contributed by atoms with Crippen LogP contribution in [0.2, 0.25) is 0 Å². The SMILES string of the molecule is CCC(NC(=O)N1CCC(c2nnc3ccccn23)CC1)c1ccc(OC)cc1. The summed E-state index contributed by atoms with van der Waals surface area (Å²) in [6.07, 6.45) is 4.62. The van der Waals surface area contributed by atoms with Crippen LogP contribution in [0, 0.1) is 0 Å². The molecule has 4 rings (SSSR count). The standard InChI is InChI=1S/C22H27N5O2/c1-3-19(16-7-9-18(29-2)10-8-16)23-22(28)26-14-11-17(12-15-26)21-25-24-20-6-4-5-13-27(20)21/h4-10,13,17,19H,3,11-12,14-15H2,1-2H3,(H,23,28). The van der Waals surface area contributed by atoms with Gasteiger partial charge in [-0.2, -0.15) is 0 Å². The maximum absolute atomic E-state index is 12.8. The zero-order valence-corrected chi connectivity index (χ0v) is 16.9. The molecule has 2 aromatic heterocycles. The summed E-state index contributed by atoms with van der Waals surface area (Å²) in [6.45, 7) is 3.52. The number of nitrogens with one attached hydrogen (secondary N) is 1. The molecule has 1 fully saturated rings. The van der Waals surface area contributed by atoms with Crippen molar-refractivity contribution >= 4 is 11.7 Å². The number of carbonyl (C=O) groups is 1. The molecule has 7 nitrogen and oxygen atoms in total. The van der Waals surface area contributed by atoms with E-state index in [2.05, 4.69) is 26.8 Å². The van der Waals surface area contributed by atoms with Crippen LogP contribution >= 0.6 is 0 Å². The van der Waals surface area contributed by atoms with Crippen LogP contribution in [-0.2, 0) is 0 Å². The first-order valence-corrected chi connectivity index (χ1v) is 10.2. The molecule has 0 saturated carbocycles. The number of rotatable bonds is 5. The molecule has 1 aromatic carbocycles. The van der Waals surface area contributed by atoms with E-state index in [1.165, 1.54) is 0 Å². The summed E-state index contributed by atoms with van der Waals surface area (Å²) in [4.78, 5) is 14.7. The van der Waals surface area contributed by atoms with Crippen molar-refractivity contribution in [3.05, 3.63) is 60.0 Å². The maximum Gasteiger partial charge on any atom is 0.317 e. The van der Waals surface area contributed by atoms with Crippen LogP contribution in [0.1, 0.15) is 49.5 Å². The molecular weight excluding hydrogens is 366 g/mol. The molecular formula is C22H27N5O2. The molecule has 1 aliphatic heterocycles. The number of likely N-dealkylation sites (tertiary alicyclic amines) is 1. The van der Waals surface area contributed by atoms with Gasteiger partial charge in [-0.15, -0.1) is 10.2 Å². The molecule has 0 spiro atoms. The number of nitrogens with zero attached hydrogens (tertiary/aromatic N) is 4. The molecule has 1 unspecified atom stereocenters. The third kappa shape index (κ3) is 4.04. The van der Waals surface area contributed by atoms with Gasteiger partial charge >= 0.3 is 6.03 Å². The number of pyridine rings is 1. The lowest BCUT2D eigenvalue weighted by molar-refractivity contribution is 0.176. The van der Waals surface area contributed by atoms with Gasteiger partial charge in [-0.3, -0.25) is 4.40 Å². The van der Waals surface area contributed by atoms with E-state index in [4.69, 9.17) is 4.74 Å². The average molecular weight is 393 g/mol. The van der Waals surface area contributed by atoms with Crippen LogP contribution in [0.5, 0.6) is 5.75 Å². The van der Waals surface area contributed by atoms with Crippen LogP contribution in [0.3, 0.4) is 0 Å². The summed E-state index contributed by atoms with van der Waals surface area (Å²) < 4.78 is 7.27. The van der Waals surface area contributed by atoms with Crippen molar-refractivity contribution < 1.29 is 9.53 Å².